The topological polar surface area (TPSA) is 30.0 Å². The summed E-state index contributed by atoms with van der Waals surface area (Å²) in [6, 6.07) is 10.1. The standard InChI is InChI=1S/C12H11NOS/c14-15-7-3-5-10-8-9-4-1-2-6-11(9)13-12(10)15/h1-2,4,6,8H,3,5,7H2. The van der Waals surface area contributed by atoms with Crippen molar-refractivity contribution >= 4 is 21.7 Å². The molecule has 15 heavy (non-hydrogen) atoms. The molecule has 1 unspecified atom stereocenters. The Balaban J connectivity index is 2.32. The molecule has 0 fully saturated rings. The molecule has 2 nitrogen and oxygen atoms in total. The number of hydrogen-bond donors (Lipinski definition) is 0. The molecule has 76 valence electrons. The SMILES string of the molecule is O=S1CCCc2cc3ccccc3nc21. The summed E-state index contributed by atoms with van der Waals surface area (Å²) in [7, 11) is -0.882. The van der Waals surface area contributed by atoms with Crippen LogP contribution in [0.25, 0.3) is 10.9 Å². The zero-order valence-corrected chi connectivity index (χ0v) is 9.09. The molecule has 1 aromatic carbocycles. The van der Waals surface area contributed by atoms with Crippen molar-refractivity contribution in [3.05, 3.63) is 35.9 Å². The molecule has 0 aliphatic carbocycles. The number of aryl methyl sites for hydroxylation is 1. The highest BCUT2D eigenvalue weighted by molar-refractivity contribution is 7.85. The number of rotatable bonds is 0. The summed E-state index contributed by atoms with van der Waals surface area (Å²) >= 11 is 0. The normalized spacial score (nSPS) is 20.1. The molecule has 0 amide bonds. The molecule has 0 saturated carbocycles. The second-order valence-corrected chi connectivity index (χ2v) is 5.28. The lowest BCUT2D eigenvalue weighted by Gasteiger charge is -2.14. The lowest BCUT2D eigenvalue weighted by molar-refractivity contribution is 0.669. The third kappa shape index (κ3) is 1.47. The third-order valence-electron chi connectivity index (χ3n) is 2.75. The number of aromatic nitrogens is 1. The Morgan fingerprint density at radius 2 is 2.13 bits per heavy atom. The molecule has 1 aliphatic rings. The minimum atomic E-state index is -0.882. The first-order valence-electron chi connectivity index (χ1n) is 5.11. The van der Waals surface area contributed by atoms with Gasteiger partial charge in [-0.05, 0) is 30.5 Å². The summed E-state index contributed by atoms with van der Waals surface area (Å²) < 4.78 is 11.8. The van der Waals surface area contributed by atoms with Gasteiger partial charge in [-0.15, -0.1) is 0 Å². The summed E-state index contributed by atoms with van der Waals surface area (Å²) in [5.74, 6) is 0.762. The van der Waals surface area contributed by atoms with Gasteiger partial charge in [0.05, 0.1) is 16.3 Å². The van der Waals surface area contributed by atoms with Gasteiger partial charge in [0.25, 0.3) is 0 Å². The number of benzene rings is 1. The molecule has 3 heteroatoms. The van der Waals surface area contributed by atoms with E-state index in [-0.39, 0.29) is 0 Å². The summed E-state index contributed by atoms with van der Waals surface area (Å²) in [5.41, 5.74) is 2.12. The van der Waals surface area contributed by atoms with Crippen LogP contribution in [-0.4, -0.2) is 14.9 Å². The molecule has 1 atom stereocenters. The first-order valence-corrected chi connectivity index (χ1v) is 6.43. The predicted octanol–water partition coefficient (Wildman–Crippen LogP) is 2.29. The maximum absolute atomic E-state index is 11.8. The molecule has 1 aliphatic heterocycles. The van der Waals surface area contributed by atoms with Crippen LogP contribution in [-0.2, 0) is 17.2 Å². The fourth-order valence-corrected chi connectivity index (χ4v) is 3.26. The first-order chi connectivity index (χ1) is 7.34. The van der Waals surface area contributed by atoms with Crippen LogP contribution in [0.1, 0.15) is 12.0 Å². The van der Waals surface area contributed by atoms with E-state index >= 15 is 0 Å². The minimum absolute atomic E-state index is 0.762. The summed E-state index contributed by atoms with van der Waals surface area (Å²) in [5, 5.41) is 1.95. The highest BCUT2D eigenvalue weighted by Crippen LogP contribution is 2.24. The Hall–Kier alpha value is -1.22. The lowest BCUT2D eigenvalue weighted by Crippen LogP contribution is -2.12. The second kappa shape index (κ2) is 3.42. The van der Waals surface area contributed by atoms with E-state index in [1.54, 1.807) is 0 Å². The van der Waals surface area contributed by atoms with Crippen LogP contribution in [0, 0.1) is 0 Å². The molecular formula is C12H11NOS. The number of pyridine rings is 1. The average Bonchev–Trinajstić information content (AvgIpc) is 2.27. The zero-order valence-electron chi connectivity index (χ0n) is 8.27. The van der Waals surface area contributed by atoms with Crippen molar-refractivity contribution in [2.75, 3.05) is 5.75 Å². The van der Waals surface area contributed by atoms with Gasteiger partial charge in [0, 0.05) is 11.1 Å². The molecule has 1 aromatic heterocycles. The highest BCUT2D eigenvalue weighted by atomic mass is 32.2. The van der Waals surface area contributed by atoms with E-state index in [0.29, 0.717) is 0 Å². The Bertz CT molecular complexity index is 550. The first kappa shape index (κ1) is 9.04. The quantitative estimate of drug-likeness (QED) is 0.677. The fourth-order valence-electron chi connectivity index (χ4n) is 2.01. The summed E-state index contributed by atoms with van der Waals surface area (Å²) in [6.07, 6.45) is 2.03. The van der Waals surface area contributed by atoms with Crippen LogP contribution in [0.15, 0.2) is 35.4 Å². The van der Waals surface area contributed by atoms with Crippen molar-refractivity contribution in [2.24, 2.45) is 0 Å². The van der Waals surface area contributed by atoms with Gasteiger partial charge in [-0.25, -0.2) is 4.98 Å². The number of nitrogens with zero attached hydrogens (tertiary/aromatic N) is 1. The Kier molecular flexibility index (Phi) is 2.06. The van der Waals surface area contributed by atoms with Crippen LogP contribution in [0.5, 0.6) is 0 Å². The zero-order chi connectivity index (χ0) is 10.3. The van der Waals surface area contributed by atoms with Gasteiger partial charge < -0.3 is 0 Å². The average molecular weight is 217 g/mol. The van der Waals surface area contributed by atoms with E-state index in [2.05, 4.69) is 17.1 Å². The summed E-state index contributed by atoms with van der Waals surface area (Å²) in [4.78, 5) is 4.50. The van der Waals surface area contributed by atoms with Gasteiger partial charge in [0.1, 0.15) is 5.03 Å². The van der Waals surface area contributed by atoms with Gasteiger partial charge in [0.15, 0.2) is 0 Å². The molecule has 2 heterocycles. The van der Waals surface area contributed by atoms with Crippen molar-refractivity contribution in [2.45, 2.75) is 17.9 Å². The van der Waals surface area contributed by atoms with Gasteiger partial charge in [-0.1, -0.05) is 18.2 Å². The van der Waals surface area contributed by atoms with Crippen LogP contribution in [0.2, 0.25) is 0 Å². The summed E-state index contributed by atoms with van der Waals surface area (Å²) in [6.45, 7) is 0. The number of para-hydroxylation sites is 1. The molecule has 0 spiro atoms. The fraction of sp³-hybridized carbons (Fsp3) is 0.250. The molecule has 0 radical (unpaired) electrons. The van der Waals surface area contributed by atoms with Crippen molar-refractivity contribution in [1.82, 2.24) is 4.98 Å². The molecule has 0 bridgehead atoms. The third-order valence-corrected chi connectivity index (χ3v) is 4.20. The van der Waals surface area contributed by atoms with E-state index in [1.165, 1.54) is 5.56 Å². The number of fused-ring (bicyclic) bond motifs is 2. The largest absolute Gasteiger partial charge is 0.253 e. The predicted molar refractivity (Wildman–Crippen MR) is 61.3 cm³/mol. The monoisotopic (exact) mass is 217 g/mol. The Morgan fingerprint density at radius 3 is 3.07 bits per heavy atom. The van der Waals surface area contributed by atoms with Gasteiger partial charge in [-0.3, -0.25) is 4.21 Å². The van der Waals surface area contributed by atoms with Gasteiger partial charge >= 0.3 is 0 Å². The molecule has 0 saturated heterocycles. The van der Waals surface area contributed by atoms with E-state index in [4.69, 9.17) is 0 Å². The Labute approximate surface area is 90.8 Å². The maximum atomic E-state index is 11.8. The van der Waals surface area contributed by atoms with Crippen molar-refractivity contribution < 1.29 is 4.21 Å². The smallest absolute Gasteiger partial charge is 0.131 e. The highest BCUT2D eigenvalue weighted by Gasteiger charge is 2.17. The van der Waals surface area contributed by atoms with Gasteiger partial charge in [0.2, 0.25) is 0 Å². The van der Waals surface area contributed by atoms with Crippen LogP contribution < -0.4 is 0 Å². The molecule has 3 rings (SSSR count). The Morgan fingerprint density at radius 1 is 1.27 bits per heavy atom. The van der Waals surface area contributed by atoms with E-state index in [1.807, 2.05) is 18.2 Å². The van der Waals surface area contributed by atoms with Crippen molar-refractivity contribution in [1.29, 1.82) is 0 Å². The molecule has 0 N–H and O–H groups in total. The lowest BCUT2D eigenvalue weighted by atomic mass is 10.1. The second-order valence-electron chi connectivity index (χ2n) is 3.80. The molecule has 2 aromatic rings. The van der Waals surface area contributed by atoms with E-state index < -0.39 is 10.8 Å². The molecular weight excluding hydrogens is 206 g/mol. The van der Waals surface area contributed by atoms with Crippen LogP contribution >= 0.6 is 0 Å². The van der Waals surface area contributed by atoms with Crippen LogP contribution in [0.3, 0.4) is 0 Å². The minimum Gasteiger partial charge on any atom is -0.253 e. The van der Waals surface area contributed by atoms with Gasteiger partial charge in [-0.2, -0.15) is 0 Å². The van der Waals surface area contributed by atoms with E-state index in [9.17, 15) is 4.21 Å². The number of hydrogen-bond acceptors (Lipinski definition) is 2. The van der Waals surface area contributed by atoms with Crippen molar-refractivity contribution in [3.8, 4) is 0 Å². The van der Waals surface area contributed by atoms with Crippen molar-refractivity contribution in [3.63, 3.8) is 0 Å². The maximum Gasteiger partial charge on any atom is 0.131 e. The van der Waals surface area contributed by atoms with Crippen LogP contribution in [0.4, 0.5) is 0 Å². The van der Waals surface area contributed by atoms with E-state index in [0.717, 1.165) is 34.5 Å².